The third-order valence-corrected chi connectivity index (χ3v) is 5.05. The van der Waals surface area contributed by atoms with Gasteiger partial charge in [0.25, 0.3) is 0 Å². The maximum atomic E-state index is 13.0. The summed E-state index contributed by atoms with van der Waals surface area (Å²) in [6.07, 6.45) is 3.45. The second-order valence-corrected chi connectivity index (χ2v) is 7.69. The van der Waals surface area contributed by atoms with Crippen LogP contribution in [0.1, 0.15) is 29.9 Å². The summed E-state index contributed by atoms with van der Waals surface area (Å²) in [6.45, 7) is 3.99. The Morgan fingerprint density at radius 1 is 0.865 bits per heavy atom. The van der Waals surface area contributed by atoms with E-state index in [4.69, 9.17) is 9.84 Å². The normalized spacial score (nSPS) is 11.4. The molecule has 0 aliphatic rings. The molecule has 0 saturated carbocycles. The summed E-state index contributed by atoms with van der Waals surface area (Å²) in [6, 6.07) is 27.6. The largest absolute Gasteiger partial charge is 0.673 e. The Hall–Kier alpha value is -4.34. The third-order valence-electron chi connectivity index (χ3n) is 5.05. The fraction of sp³-hybridized carbons (Fsp3) is 0.111. The fourth-order valence-electron chi connectivity index (χ4n) is 3.46. The van der Waals surface area contributed by atoms with E-state index in [-0.39, 0.29) is 6.61 Å². The fourth-order valence-corrected chi connectivity index (χ4v) is 3.46. The van der Waals surface area contributed by atoms with Crippen LogP contribution in [0.3, 0.4) is 0 Å². The molecule has 0 bridgehead atoms. The molecule has 4 rings (SSSR count). The molecule has 4 aromatic rings. The number of carbonyl (C=O) groups excluding carboxylic acids is 1. The third kappa shape index (κ3) is 8.10. The zero-order valence-corrected chi connectivity index (χ0v) is 20.2. The van der Waals surface area contributed by atoms with Crippen LogP contribution in [0.4, 0.5) is 17.3 Å². The van der Waals surface area contributed by atoms with Crippen LogP contribution in [0.15, 0.2) is 102 Å². The molecule has 0 fully saturated rings. The van der Waals surface area contributed by atoms with Crippen LogP contribution in [-0.4, -0.2) is 30.5 Å². The van der Waals surface area contributed by atoms with Crippen molar-refractivity contribution >= 4 is 18.9 Å². The number of nitrogens with zero attached hydrogens (tertiary/aromatic N) is 3. The first-order valence-corrected chi connectivity index (χ1v) is 11.4. The van der Waals surface area contributed by atoms with E-state index in [0.717, 1.165) is 33.7 Å². The van der Waals surface area contributed by atoms with Crippen LogP contribution >= 0.6 is 0 Å². The van der Waals surface area contributed by atoms with E-state index in [1.54, 1.807) is 24.0 Å². The molecular weight excluding hydrogens is 485 g/mol. The molecule has 10 heteroatoms. The van der Waals surface area contributed by atoms with Gasteiger partial charge in [0, 0.05) is 40.8 Å². The van der Waals surface area contributed by atoms with Crippen LogP contribution in [-0.2, 0) is 4.74 Å². The maximum absolute atomic E-state index is 13.0. The summed E-state index contributed by atoms with van der Waals surface area (Å²) in [5.74, 6) is -0.422. The van der Waals surface area contributed by atoms with E-state index < -0.39 is 13.2 Å². The van der Waals surface area contributed by atoms with Crippen LogP contribution in [0.2, 0.25) is 0 Å². The number of hydrogen-bond donors (Lipinski definition) is 0. The monoisotopic (exact) mass is 509 g/mol. The van der Waals surface area contributed by atoms with Gasteiger partial charge in [0.15, 0.2) is 0 Å². The second kappa shape index (κ2) is 12.6. The van der Waals surface area contributed by atoms with Crippen molar-refractivity contribution in [3.8, 4) is 22.4 Å². The summed E-state index contributed by atoms with van der Waals surface area (Å²) in [4.78, 5) is 17.1. The predicted octanol–water partition coefficient (Wildman–Crippen LogP) is 6.45. The average molecular weight is 509 g/mol. The number of carbonyl (C=O) groups is 1. The van der Waals surface area contributed by atoms with Gasteiger partial charge < -0.3 is 22.0 Å². The molecule has 5 nitrogen and oxygen atoms in total. The molecule has 0 spiro atoms. The Morgan fingerprint density at radius 2 is 1.41 bits per heavy atom. The Bertz CT molecular complexity index is 1340. The highest BCUT2D eigenvalue weighted by atomic mass is 19.5. The quantitative estimate of drug-likeness (QED) is 0.0987. The molecule has 0 atom stereocenters. The lowest BCUT2D eigenvalue weighted by molar-refractivity contribution is -0.670. The minimum atomic E-state index is -6.00. The van der Waals surface area contributed by atoms with Crippen molar-refractivity contribution < 1.29 is 31.5 Å². The van der Waals surface area contributed by atoms with Crippen molar-refractivity contribution in [2.24, 2.45) is 5.10 Å². The van der Waals surface area contributed by atoms with Gasteiger partial charge in [0.2, 0.25) is 5.69 Å². The van der Waals surface area contributed by atoms with E-state index in [2.05, 4.69) is 11.1 Å². The first kappa shape index (κ1) is 27.3. The molecule has 0 aliphatic carbocycles. The summed E-state index contributed by atoms with van der Waals surface area (Å²) in [5.41, 5.74) is 5.71. The molecule has 0 amide bonds. The van der Waals surface area contributed by atoms with Crippen molar-refractivity contribution in [3.05, 3.63) is 109 Å². The lowest BCUT2D eigenvalue weighted by atomic mass is 10.0. The van der Waals surface area contributed by atoms with Gasteiger partial charge in [0.1, 0.15) is 5.71 Å². The number of rotatable bonds is 6. The van der Waals surface area contributed by atoms with Gasteiger partial charge in [0.05, 0.1) is 6.61 Å². The SMILES string of the molecule is CCOC(=O)c1cc(-c2ccccc2)cc(-c2ccccc2)[n+]1/N=C(\C)c1ccncc1.F[B-](F)(F)F. The van der Waals surface area contributed by atoms with E-state index >= 15 is 0 Å². The van der Waals surface area contributed by atoms with Crippen LogP contribution in [0.5, 0.6) is 0 Å². The minimum absolute atomic E-state index is 0.280. The molecule has 2 aromatic carbocycles. The predicted molar refractivity (Wildman–Crippen MR) is 135 cm³/mol. The highest BCUT2D eigenvalue weighted by Gasteiger charge is 2.28. The topological polar surface area (TPSA) is 55.4 Å². The molecule has 0 unspecified atom stereocenters. The van der Waals surface area contributed by atoms with Crippen molar-refractivity contribution in [1.29, 1.82) is 0 Å². The summed E-state index contributed by atoms with van der Waals surface area (Å²) < 4.78 is 46.1. The van der Waals surface area contributed by atoms with E-state index in [1.165, 1.54) is 0 Å². The van der Waals surface area contributed by atoms with Crippen molar-refractivity contribution in [3.63, 3.8) is 0 Å². The minimum Gasteiger partial charge on any atom is -0.458 e. The first-order valence-electron chi connectivity index (χ1n) is 11.4. The van der Waals surface area contributed by atoms with Gasteiger partial charge in [-0.1, -0.05) is 48.5 Å². The number of pyridine rings is 2. The van der Waals surface area contributed by atoms with Crippen molar-refractivity contribution in [2.45, 2.75) is 13.8 Å². The lowest BCUT2D eigenvalue weighted by Gasteiger charge is -2.09. The Balaban J connectivity index is 0.000000695. The summed E-state index contributed by atoms with van der Waals surface area (Å²) >= 11 is 0. The molecule has 37 heavy (non-hydrogen) atoms. The molecular formula is C27H24BF4N3O2. The molecule has 2 heterocycles. The smallest absolute Gasteiger partial charge is 0.458 e. The zero-order chi connectivity index (χ0) is 26.8. The number of benzene rings is 2. The van der Waals surface area contributed by atoms with Gasteiger partial charge in [-0.15, -0.1) is 0 Å². The number of halogens is 4. The molecule has 2 aromatic heterocycles. The molecule has 190 valence electrons. The van der Waals surface area contributed by atoms with Crippen LogP contribution in [0, 0.1) is 0 Å². The Labute approximate surface area is 212 Å². The average Bonchev–Trinajstić information content (AvgIpc) is 2.89. The number of hydrogen-bond acceptors (Lipinski definition) is 4. The van der Waals surface area contributed by atoms with Crippen LogP contribution < -0.4 is 4.68 Å². The zero-order valence-electron chi connectivity index (χ0n) is 20.2. The number of aromatic nitrogens is 2. The summed E-state index contributed by atoms with van der Waals surface area (Å²) in [7, 11) is -6.00. The van der Waals surface area contributed by atoms with E-state index in [0.29, 0.717) is 5.69 Å². The lowest BCUT2D eigenvalue weighted by Crippen LogP contribution is -2.40. The Morgan fingerprint density at radius 3 is 1.95 bits per heavy atom. The van der Waals surface area contributed by atoms with Crippen molar-refractivity contribution in [2.75, 3.05) is 6.61 Å². The number of ether oxygens (including phenoxy) is 1. The Kier molecular flexibility index (Phi) is 9.26. The molecule has 0 saturated heterocycles. The standard InChI is InChI=1S/C27H24N3O2.BF4/c1-3-32-27(31)26-19-24(22-10-6-4-7-11-22)18-25(23-12-8-5-9-13-23)30(26)29-20(2)21-14-16-28-17-15-21;2-1(3,4)5/h4-19H,3H2,1-2H3;/q+1;-1/b29-20+;. The highest BCUT2D eigenvalue weighted by Crippen LogP contribution is 2.25. The number of esters is 1. The van der Waals surface area contributed by atoms with Gasteiger partial charge in [-0.3, -0.25) is 4.98 Å². The van der Waals surface area contributed by atoms with Crippen molar-refractivity contribution in [1.82, 2.24) is 4.98 Å². The first-order chi connectivity index (χ1) is 17.7. The highest BCUT2D eigenvalue weighted by molar-refractivity contribution is 6.50. The van der Waals surface area contributed by atoms with Crippen LogP contribution in [0.25, 0.3) is 22.4 Å². The van der Waals surface area contributed by atoms with Gasteiger partial charge >= 0.3 is 18.9 Å². The molecule has 0 N–H and O–H groups in total. The van der Waals surface area contributed by atoms with Gasteiger partial charge in [-0.05, 0) is 53.9 Å². The molecule has 0 radical (unpaired) electrons. The van der Waals surface area contributed by atoms with Gasteiger partial charge in [-0.25, -0.2) is 4.79 Å². The molecule has 0 aliphatic heterocycles. The summed E-state index contributed by atoms with van der Waals surface area (Å²) in [5, 5.41) is 4.85. The van der Waals surface area contributed by atoms with E-state index in [1.807, 2.05) is 85.8 Å². The second-order valence-electron chi connectivity index (χ2n) is 7.69. The maximum Gasteiger partial charge on any atom is 0.673 e. The van der Waals surface area contributed by atoms with Gasteiger partial charge in [-0.2, -0.15) is 0 Å². The van der Waals surface area contributed by atoms with E-state index in [9.17, 15) is 22.1 Å².